The zero-order valence-electron chi connectivity index (χ0n) is 12.1. The Morgan fingerprint density at radius 3 is 2.67 bits per heavy atom. The van der Waals surface area contributed by atoms with Gasteiger partial charge in [0.1, 0.15) is 0 Å². The molecule has 1 amide bonds. The maximum atomic E-state index is 11.7. The van der Waals surface area contributed by atoms with Crippen LogP contribution in [0, 0.1) is 5.92 Å². The minimum atomic E-state index is -0.767. The first kappa shape index (κ1) is 17.9. The molecule has 2 atom stereocenters. The van der Waals surface area contributed by atoms with Crippen molar-refractivity contribution in [1.82, 2.24) is 5.32 Å². The lowest BCUT2D eigenvalue weighted by Crippen LogP contribution is -2.31. The predicted octanol–water partition coefficient (Wildman–Crippen LogP) is 3.92. The summed E-state index contributed by atoms with van der Waals surface area (Å²) in [5.74, 6) is -1.22. The van der Waals surface area contributed by atoms with Crippen molar-refractivity contribution in [1.29, 1.82) is 0 Å². The normalized spacial score (nSPS) is 14.0. The maximum Gasteiger partial charge on any atom is 0.306 e. The number of carboxylic acid groups (broad SMARTS) is 1. The SMILES string of the molecule is CC(CCCC(C)C(=O)O)NC(=O)C=Cc1ccc(Br)s1. The molecule has 6 heteroatoms. The van der Waals surface area contributed by atoms with E-state index in [0.29, 0.717) is 6.42 Å². The van der Waals surface area contributed by atoms with Crippen LogP contribution in [0.25, 0.3) is 6.08 Å². The Bertz CT molecular complexity index is 513. The second-order valence-electron chi connectivity index (χ2n) is 5.06. The highest BCUT2D eigenvalue weighted by Gasteiger charge is 2.11. The van der Waals surface area contributed by atoms with Gasteiger partial charge in [-0.1, -0.05) is 13.3 Å². The van der Waals surface area contributed by atoms with Gasteiger partial charge in [0.2, 0.25) is 5.91 Å². The van der Waals surface area contributed by atoms with Crippen LogP contribution in [0.3, 0.4) is 0 Å². The van der Waals surface area contributed by atoms with Crippen LogP contribution in [0.4, 0.5) is 0 Å². The quantitative estimate of drug-likeness (QED) is 0.678. The monoisotopic (exact) mass is 373 g/mol. The van der Waals surface area contributed by atoms with Crippen molar-refractivity contribution in [3.05, 3.63) is 26.9 Å². The summed E-state index contributed by atoms with van der Waals surface area (Å²) < 4.78 is 1.03. The minimum Gasteiger partial charge on any atom is -0.481 e. The van der Waals surface area contributed by atoms with Crippen molar-refractivity contribution >= 4 is 45.2 Å². The van der Waals surface area contributed by atoms with Gasteiger partial charge in [-0.2, -0.15) is 0 Å². The number of carbonyl (C=O) groups is 2. The number of nitrogens with one attached hydrogen (secondary N) is 1. The highest BCUT2D eigenvalue weighted by atomic mass is 79.9. The topological polar surface area (TPSA) is 66.4 Å². The molecular weight excluding hydrogens is 354 g/mol. The summed E-state index contributed by atoms with van der Waals surface area (Å²) in [7, 11) is 0. The smallest absolute Gasteiger partial charge is 0.306 e. The van der Waals surface area contributed by atoms with Crippen LogP contribution in [-0.4, -0.2) is 23.0 Å². The average Bonchev–Trinajstić information content (AvgIpc) is 2.82. The molecule has 0 aliphatic carbocycles. The second-order valence-corrected chi connectivity index (χ2v) is 7.55. The molecule has 0 aliphatic heterocycles. The number of rotatable bonds is 8. The Morgan fingerprint density at radius 2 is 2.10 bits per heavy atom. The van der Waals surface area contributed by atoms with Crippen LogP contribution >= 0.6 is 27.3 Å². The van der Waals surface area contributed by atoms with E-state index < -0.39 is 5.97 Å². The van der Waals surface area contributed by atoms with Gasteiger partial charge < -0.3 is 10.4 Å². The molecule has 0 saturated carbocycles. The number of carboxylic acids is 1. The molecule has 0 radical (unpaired) electrons. The van der Waals surface area contributed by atoms with E-state index in [-0.39, 0.29) is 17.9 Å². The van der Waals surface area contributed by atoms with Crippen LogP contribution in [0.15, 0.2) is 22.0 Å². The zero-order chi connectivity index (χ0) is 15.8. The van der Waals surface area contributed by atoms with Crippen molar-refractivity contribution in [2.75, 3.05) is 0 Å². The fourth-order valence-corrected chi connectivity index (χ4v) is 3.12. The van der Waals surface area contributed by atoms with E-state index >= 15 is 0 Å². The first-order valence-electron chi connectivity index (χ1n) is 6.85. The van der Waals surface area contributed by atoms with Gasteiger partial charge in [0, 0.05) is 17.0 Å². The molecular formula is C15H20BrNO3S. The lowest BCUT2D eigenvalue weighted by molar-refractivity contribution is -0.141. The third-order valence-corrected chi connectivity index (χ3v) is 4.67. The highest BCUT2D eigenvalue weighted by molar-refractivity contribution is 9.11. The number of carbonyl (C=O) groups excluding carboxylic acids is 1. The summed E-state index contributed by atoms with van der Waals surface area (Å²) in [5.41, 5.74) is 0. The molecule has 0 aliphatic rings. The minimum absolute atomic E-state index is 0.0400. The van der Waals surface area contributed by atoms with Crippen LogP contribution in [0.1, 0.15) is 38.0 Å². The number of hydrogen-bond acceptors (Lipinski definition) is 3. The van der Waals surface area contributed by atoms with Gasteiger partial charge in [0.05, 0.1) is 9.70 Å². The van der Waals surface area contributed by atoms with Crippen molar-refractivity contribution < 1.29 is 14.7 Å². The molecule has 2 unspecified atom stereocenters. The average molecular weight is 374 g/mol. The van der Waals surface area contributed by atoms with Gasteiger partial charge in [0.25, 0.3) is 0 Å². The summed E-state index contributed by atoms with van der Waals surface area (Å²) in [4.78, 5) is 23.4. The van der Waals surface area contributed by atoms with Gasteiger partial charge >= 0.3 is 5.97 Å². The van der Waals surface area contributed by atoms with Crippen LogP contribution in [0.5, 0.6) is 0 Å². The molecule has 0 bridgehead atoms. The Labute approximate surface area is 137 Å². The standard InChI is InChI=1S/C15H20BrNO3S/c1-10(15(19)20)4-3-5-11(2)17-14(18)9-7-12-6-8-13(16)21-12/h6-11H,3-5H2,1-2H3,(H,17,18)(H,19,20). The first-order valence-corrected chi connectivity index (χ1v) is 8.46. The fourth-order valence-electron chi connectivity index (χ4n) is 1.79. The molecule has 0 saturated heterocycles. The lowest BCUT2D eigenvalue weighted by atomic mass is 10.0. The lowest BCUT2D eigenvalue weighted by Gasteiger charge is -2.13. The van der Waals surface area contributed by atoms with E-state index in [1.54, 1.807) is 24.3 Å². The van der Waals surface area contributed by atoms with Gasteiger partial charge in [0.15, 0.2) is 0 Å². The van der Waals surface area contributed by atoms with Crippen LogP contribution in [-0.2, 0) is 9.59 Å². The van der Waals surface area contributed by atoms with E-state index in [9.17, 15) is 9.59 Å². The summed E-state index contributed by atoms with van der Waals surface area (Å²) in [6, 6.07) is 3.92. The van der Waals surface area contributed by atoms with E-state index in [4.69, 9.17) is 5.11 Å². The van der Waals surface area contributed by atoms with Gasteiger partial charge in [-0.15, -0.1) is 11.3 Å². The number of halogens is 1. The second kappa shape index (κ2) is 9.00. The molecule has 0 aromatic carbocycles. The van der Waals surface area contributed by atoms with Crippen molar-refractivity contribution in [3.8, 4) is 0 Å². The molecule has 21 heavy (non-hydrogen) atoms. The largest absolute Gasteiger partial charge is 0.481 e. The van der Waals surface area contributed by atoms with Gasteiger partial charge in [-0.05, 0) is 53.9 Å². The molecule has 1 aromatic rings. The Morgan fingerprint density at radius 1 is 1.38 bits per heavy atom. The van der Waals surface area contributed by atoms with E-state index in [1.807, 2.05) is 19.1 Å². The molecule has 0 fully saturated rings. The Hall–Kier alpha value is -1.14. The summed E-state index contributed by atoms with van der Waals surface area (Å²) in [6.07, 6.45) is 5.51. The van der Waals surface area contributed by atoms with Gasteiger partial charge in [-0.25, -0.2) is 0 Å². The zero-order valence-corrected chi connectivity index (χ0v) is 14.5. The van der Waals surface area contributed by atoms with Gasteiger partial charge in [-0.3, -0.25) is 9.59 Å². The van der Waals surface area contributed by atoms with E-state index in [2.05, 4.69) is 21.2 Å². The summed E-state index contributed by atoms with van der Waals surface area (Å²) in [5, 5.41) is 11.7. The predicted molar refractivity (Wildman–Crippen MR) is 89.3 cm³/mol. The molecule has 1 heterocycles. The fraction of sp³-hybridized carbons (Fsp3) is 0.467. The first-order chi connectivity index (χ1) is 9.88. The molecule has 0 spiro atoms. The Balaban J connectivity index is 2.27. The molecule has 116 valence electrons. The van der Waals surface area contributed by atoms with Crippen LogP contribution in [0.2, 0.25) is 0 Å². The molecule has 2 N–H and O–H groups in total. The molecule has 4 nitrogen and oxygen atoms in total. The third-order valence-electron chi connectivity index (χ3n) is 3.08. The van der Waals surface area contributed by atoms with Crippen molar-refractivity contribution in [2.45, 2.75) is 39.2 Å². The van der Waals surface area contributed by atoms with E-state index in [1.165, 1.54) is 6.08 Å². The van der Waals surface area contributed by atoms with Crippen molar-refractivity contribution in [2.24, 2.45) is 5.92 Å². The summed E-state index contributed by atoms with van der Waals surface area (Å²) in [6.45, 7) is 3.63. The number of amides is 1. The number of aliphatic carboxylic acids is 1. The number of hydrogen-bond donors (Lipinski definition) is 2. The molecule has 1 aromatic heterocycles. The van der Waals surface area contributed by atoms with E-state index in [0.717, 1.165) is 21.5 Å². The highest BCUT2D eigenvalue weighted by Crippen LogP contribution is 2.22. The summed E-state index contributed by atoms with van der Waals surface area (Å²) >= 11 is 4.93. The third kappa shape index (κ3) is 7.43. The number of thiophene rings is 1. The molecule has 1 rings (SSSR count). The maximum absolute atomic E-state index is 11.7. The van der Waals surface area contributed by atoms with Crippen molar-refractivity contribution in [3.63, 3.8) is 0 Å². The van der Waals surface area contributed by atoms with Crippen LogP contribution < -0.4 is 5.32 Å². The Kier molecular flexibility index (Phi) is 7.67.